The highest BCUT2D eigenvalue weighted by Crippen LogP contribution is 2.42. The molecule has 4 heteroatoms. The number of carbonyl (C=O) groups is 1. The summed E-state index contributed by atoms with van der Waals surface area (Å²) in [5.74, 6) is 0. The molecule has 4 nitrogen and oxygen atoms in total. The highest BCUT2D eigenvalue weighted by molar-refractivity contribution is 5.68. The zero-order chi connectivity index (χ0) is 10.9. The lowest BCUT2D eigenvalue weighted by Gasteiger charge is -2.26. The van der Waals surface area contributed by atoms with Crippen LogP contribution in [0.2, 0.25) is 0 Å². The normalized spacial score (nSPS) is 33.5. The first kappa shape index (κ1) is 10.7. The molecule has 0 N–H and O–H groups in total. The van der Waals surface area contributed by atoms with Crippen LogP contribution in [0.1, 0.15) is 33.1 Å². The molecule has 2 aliphatic heterocycles. The van der Waals surface area contributed by atoms with Crippen LogP contribution in [0.25, 0.3) is 0 Å². The van der Waals surface area contributed by atoms with Gasteiger partial charge in [0.25, 0.3) is 0 Å². The lowest BCUT2D eigenvalue weighted by Crippen LogP contribution is -2.42. The molecule has 86 valence electrons. The molecule has 15 heavy (non-hydrogen) atoms. The minimum Gasteiger partial charge on any atom is -0.449 e. The van der Waals surface area contributed by atoms with Crippen molar-refractivity contribution in [2.45, 2.75) is 44.8 Å². The molecule has 0 aromatic rings. The van der Waals surface area contributed by atoms with E-state index in [9.17, 15) is 4.79 Å². The summed E-state index contributed by atoms with van der Waals surface area (Å²) < 4.78 is 10.7. The Labute approximate surface area is 90.5 Å². The van der Waals surface area contributed by atoms with Crippen LogP contribution in [0, 0.1) is 0 Å². The molecule has 2 fully saturated rings. The molecule has 2 aliphatic rings. The Kier molecular flexibility index (Phi) is 2.87. The number of epoxide rings is 1. The molecule has 0 aromatic heterocycles. The lowest BCUT2D eigenvalue weighted by molar-refractivity contribution is 0.0949. The molecule has 0 saturated carbocycles. The molecule has 0 aromatic carbocycles. The summed E-state index contributed by atoms with van der Waals surface area (Å²) in [5.41, 5.74) is 0.0558. The molecular formula is C11H19NO3. The van der Waals surface area contributed by atoms with E-state index in [1.165, 1.54) is 0 Å². The number of likely N-dealkylation sites (tertiary alicyclic amines) is 1. The largest absolute Gasteiger partial charge is 0.449 e. The number of piperidine rings is 1. The third kappa shape index (κ3) is 2.25. The smallest absolute Gasteiger partial charge is 0.409 e. The number of carbonyl (C=O) groups excluding carboxylic acids is 1. The van der Waals surface area contributed by atoms with Crippen molar-refractivity contribution in [1.82, 2.24) is 4.90 Å². The van der Waals surface area contributed by atoms with E-state index < -0.39 is 0 Å². The Balaban J connectivity index is 1.73. The minimum atomic E-state index is -0.180. The Morgan fingerprint density at radius 2 is 2.47 bits per heavy atom. The number of fused-ring (bicyclic) bond motifs is 1. The van der Waals surface area contributed by atoms with Crippen LogP contribution in [-0.2, 0) is 9.47 Å². The molecule has 2 rings (SSSR count). The summed E-state index contributed by atoms with van der Waals surface area (Å²) in [6, 6.07) is 0. The van der Waals surface area contributed by atoms with Crippen molar-refractivity contribution in [2.24, 2.45) is 0 Å². The second kappa shape index (κ2) is 4.00. The van der Waals surface area contributed by atoms with Crippen LogP contribution in [0.5, 0.6) is 0 Å². The molecule has 0 spiro atoms. The topological polar surface area (TPSA) is 42.1 Å². The number of ether oxygens (including phenoxy) is 2. The van der Waals surface area contributed by atoms with Gasteiger partial charge >= 0.3 is 6.09 Å². The predicted octanol–water partition coefficient (Wildman–Crippen LogP) is 1.79. The molecule has 2 saturated heterocycles. The fourth-order valence-corrected chi connectivity index (χ4v) is 1.95. The summed E-state index contributed by atoms with van der Waals surface area (Å²) in [7, 11) is 0. The van der Waals surface area contributed by atoms with Crippen LogP contribution in [0.3, 0.4) is 0 Å². The first-order chi connectivity index (χ1) is 7.15. The van der Waals surface area contributed by atoms with E-state index in [4.69, 9.17) is 9.47 Å². The average Bonchev–Trinajstić information content (AvgIpc) is 2.88. The van der Waals surface area contributed by atoms with Crippen molar-refractivity contribution >= 4 is 6.09 Å². The van der Waals surface area contributed by atoms with Gasteiger partial charge in [0, 0.05) is 6.54 Å². The van der Waals surface area contributed by atoms with Gasteiger partial charge in [0.15, 0.2) is 0 Å². The molecule has 2 atom stereocenters. The number of hydrogen-bond donors (Lipinski definition) is 0. The average molecular weight is 213 g/mol. The summed E-state index contributed by atoms with van der Waals surface area (Å²) in [6.45, 7) is 6.18. The lowest BCUT2D eigenvalue weighted by atomic mass is 9.99. The van der Waals surface area contributed by atoms with Gasteiger partial charge in [-0.25, -0.2) is 4.79 Å². The van der Waals surface area contributed by atoms with E-state index in [0.29, 0.717) is 13.2 Å². The Bertz CT molecular complexity index is 256. The Morgan fingerprint density at radius 1 is 1.67 bits per heavy atom. The van der Waals surface area contributed by atoms with Crippen molar-refractivity contribution in [3.05, 3.63) is 0 Å². The van der Waals surface area contributed by atoms with Crippen LogP contribution in [-0.4, -0.2) is 42.4 Å². The fourth-order valence-electron chi connectivity index (χ4n) is 1.95. The van der Waals surface area contributed by atoms with Crippen molar-refractivity contribution in [1.29, 1.82) is 0 Å². The monoisotopic (exact) mass is 213 g/mol. The van der Waals surface area contributed by atoms with E-state index in [0.717, 1.165) is 25.8 Å². The van der Waals surface area contributed by atoms with Gasteiger partial charge in [-0.1, -0.05) is 13.3 Å². The van der Waals surface area contributed by atoms with Gasteiger partial charge in [-0.2, -0.15) is 0 Å². The van der Waals surface area contributed by atoms with Crippen molar-refractivity contribution in [2.75, 3.05) is 19.7 Å². The second-order valence-corrected chi connectivity index (χ2v) is 4.58. The Morgan fingerprint density at radius 3 is 3.13 bits per heavy atom. The maximum atomic E-state index is 11.6. The summed E-state index contributed by atoms with van der Waals surface area (Å²) >= 11 is 0. The molecule has 2 unspecified atom stereocenters. The van der Waals surface area contributed by atoms with Gasteiger partial charge < -0.3 is 14.4 Å². The standard InChI is InChI=1S/C11H19NO3/c1-3-4-7-14-10(13)12-6-5-11(2)9(8-12)15-11/h9H,3-8H2,1-2H3. The first-order valence-electron chi connectivity index (χ1n) is 5.75. The van der Waals surface area contributed by atoms with Gasteiger partial charge in [-0.15, -0.1) is 0 Å². The van der Waals surface area contributed by atoms with Gasteiger partial charge in [0.2, 0.25) is 0 Å². The molecular weight excluding hydrogens is 194 g/mol. The molecule has 0 bridgehead atoms. The van der Waals surface area contributed by atoms with Crippen LogP contribution >= 0.6 is 0 Å². The molecule has 0 aliphatic carbocycles. The van der Waals surface area contributed by atoms with Gasteiger partial charge in [-0.05, 0) is 19.8 Å². The number of amides is 1. The van der Waals surface area contributed by atoms with E-state index in [-0.39, 0.29) is 17.8 Å². The van der Waals surface area contributed by atoms with E-state index in [1.54, 1.807) is 4.90 Å². The highest BCUT2D eigenvalue weighted by Gasteiger charge is 2.55. The van der Waals surface area contributed by atoms with Crippen molar-refractivity contribution in [3.8, 4) is 0 Å². The SMILES string of the molecule is CCCCOC(=O)N1CCC2(C)OC2C1. The summed E-state index contributed by atoms with van der Waals surface area (Å²) in [5, 5.41) is 0. The van der Waals surface area contributed by atoms with Crippen LogP contribution in [0.15, 0.2) is 0 Å². The molecule has 1 amide bonds. The third-order valence-corrected chi connectivity index (χ3v) is 3.28. The number of nitrogens with zero attached hydrogens (tertiary/aromatic N) is 1. The van der Waals surface area contributed by atoms with E-state index >= 15 is 0 Å². The maximum Gasteiger partial charge on any atom is 0.409 e. The van der Waals surface area contributed by atoms with E-state index in [2.05, 4.69) is 13.8 Å². The zero-order valence-electron chi connectivity index (χ0n) is 9.49. The number of hydrogen-bond acceptors (Lipinski definition) is 3. The summed E-state index contributed by atoms with van der Waals surface area (Å²) in [6.07, 6.45) is 2.99. The zero-order valence-corrected chi connectivity index (χ0v) is 9.49. The van der Waals surface area contributed by atoms with E-state index in [1.807, 2.05) is 0 Å². The maximum absolute atomic E-state index is 11.6. The van der Waals surface area contributed by atoms with Crippen LogP contribution in [0.4, 0.5) is 4.79 Å². The second-order valence-electron chi connectivity index (χ2n) is 4.58. The van der Waals surface area contributed by atoms with Crippen LogP contribution < -0.4 is 0 Å². The van der Waals surface area contributed by atoms with Gasteiger partial charge in [0.05, 0.1) is 18.8 Å². The van der Waals surface area contributed by atoms with Crippen molar-refractivity contribution in [3.63, 3.8) is 0 Å². The summed E-state index contributed by atoms with van der Waals surface area (Å²) in [4.78, 5) is 13.3. The van der Waals surface area contributed by atoms with Gasteiger partial charge in [-0.3, -0.25) is 0 Å². The third-order valence-electron chi connectivity index (χ3n) is 3.28. The minimum absolute atomic E-state index is 0.0558. The van der Waals surface area contributed by atoms with Crippen molar-refractivity contribution < 1.29 is 14.3 Å². The highest BCUT2D eigenvalue weighted by atomic mass is 16.6. The quantitative estimate of drug-likeness (QED) is 0.530. The molecule has 0 radical (unpaired) electrons. The first-order valence-corrected chi connectivity index (χ1v) is 5.75. The number of unbranched alkanes of at least 4 members (excludes halogenated alkanes) is 1. The Hall–Kier alpha value is -0.770. The van der Waals surface area contributed by atoms with Gasteiger partial charge in [0.1, 0.15) is 6.10 Å². The predicted molar refractivity (Wildman–Crippen MR) is 55.7 cm³/mol. The molecule has 2 heterocycles. The number of rotatable bonds is 3. The fraction of sp³-hybridized carbons (Fsp3) is 0.909.